The highest BCUT2D eigenvalue weighted by atomic mass is 19.1. The average Bonchev–Trinajstić information content (AvgIpc) is 2.23. The summed E-state index contributed by atoms with van der Waals surface area (Å²) in [6.07, 6.45) is 1.16. The first kappa shape index (κ1) is 10.2. The van der Waals surface area contributed by atoms with Crippen LogP contribution in [0.1, 0.15) is 0 Å². The van der Waals surface area contributed by atoms with E-state index in [-0.39, 0.29) is 5.69 Å². The van der Waals surface area contributed by atoms with Gasteiger partial charge in [0.1, 0.15) is 11.5 Å². The van der Waals surface area contributed by atoms with Crippen LogP contribution in [-0.4, -0.2) is 9.55 Å². The maximum absolute atomic E-state index is 12.9. The molecule has 0 amide bonds. The maximum Gasteiger partial charge on any atom is 0.333 e. The topological polar surface area (TPSA) is 80.9 Å². The Morgan fingerprint density at radius 3 is 2.75 bits per heavy atom. The third kappa shape index (κ3) is 1.72. The summed E-state index contributed by atoms with van der Waals surface area (Å²) in [6, 6.07) is 5.41. The molecular weight excluding hydrogens is 213 g/mol. The quantitative estimate of drug-likeness (QED) is 0.724. The Kier molecular flexibility index (Phi) is 2.32. The zero-order valence-electron chi connectivity index (χ0n) is 8.11. The minimum absolute atomic E-state index is 0.108. The van der Waals surface area contributed by atoms with Crippen molar-refractivity contribution < 1.29 is 4.39 Å². The van der Waals surface area contributed by atoms with E-state index in [1.807, 2.05) is 4.98 Å². The van der Waals surface area contributed by atoms with Crippen molar-refractivity contribution in [1.82, 2.24) is 9.55 Å². The number of benzene rings is 1. The molecule has 6 heteroatoms. The van der Waals surface area contributed by atoms with E-state index in [4.69, 9.17) is 5.73 Å². The van der Waals surface area contributed by atoms with Crippen LogP contribution < -0.4 is 17.0 Å². The second-order valence-electron chi connectivity index (χ2n) is 3.19. The number of hydrogen-bond donors (Lipinski definition) is 2. The monoisotopic (exact) mass is 221 g/mol. The molecule has 0 atom stereocenters. The largest absolute Gasteiger partial charge is 0.393 e. The van der Waals surface area contributed by atoms with Gasteiger partial charge < -0.3 is 5.73 Å². The molecule has 1 aromatic heterocycles. The minimum Gasteiger partial charge on any atom is -0.393 e. The summed E-state index contributed by atoms with van der Waals surface area (Å²) >= 11 is 0. The molecule has 0 aliphatic carbocycles. The van der Waals surface area contributed by atoms with Crippen LogP contribution >= 0.6 is 0 Å². The summed E-state index contributed by atoms with van der Waals surface area (Å²) in [5.41, 5.74) is 4.24. The van der Waals surface area contributed by atoms with Gasteiger partial charge in [0, 0.05) is 6.20 Å². The van der Waals surface area contributed by atoms with Crippen molar-refractivity contribution in [2.24, 2.45) is 0 Å². The van der Waals surface area contributed by atoms with Gasteiger partial charge in [0.2, 0.25) is 0 Å². The van der Waals surface area contributed by atoms with Crippen LogP contribution in [0.3, 0.4) is 0 Å². The van der Waals surface area contributed by atoms with Gasteiger partial charge in [-0.1, -0.05) is 6.07 Å². The predicted octanol–water partition coefficient (Wildman–Crippen LogP) is 0.247. The number of hydrogen-bond acceptors (Lipinski definition) is 3. The fraction of sp³-hybridized carbons (Fsp3) is 0. The number of nitrogens with one attached hydrogen (secondary N) is 1. The van der Waals surface area contributed by atoms with Crippen LogP contribution in [0, 0.1) is 5.82 Å². The molecule has 0 spiro atoms. The number of aromatic amines is 1. The Balaban J connectivity index is 2.70. The molecule has 82 valence electrons. The third-order valence-electron chi connectivity index (χ3n) is 2.06. The van der Waals surface area contributed by atoms with Gasteiger partial charge in [-0.2, -0.15) is 0 Å². The SMILES string of the molecule is Nc1cn(-c2cccc(F)c2)c(=O)[nH]c1=O. The van der Waals surface area contributed by atoms with Gasteiger partial charge in [-0.05, 0) is 18.2 Å². The van der Waals surface area contributed by atoms with Gasteiger partial charge >= 0.3 is 5.69 Å². The van der Waals surface area contributed by atoms with Crippen LogP contribution in [0.4, 0.5) is 10.1 Å². The number of nitrogen functional groups attached to an aromatic ring is 1. The highest BCUT2D eigenvalue weighted by molar-refractivity contribution is 5.37. The third-order valence-corrected chi connectivity index (χ3v) is 2.06. The number of rotatable bonds is 1. The first-order valence-corrected chi connectivity index (χ1v) is 4.45. The molecule has 0 bridgehead atoms. The van der Waals surface area contributed by atoms with Crippen LogP contribution in [0.15, 0.2) is 40.1 Å². The second-order valence-corrected chi connectivity index (χ2v) is 3.19. The van der Waals surface area contributed by atoms with Crippen molar-refractivity contribution in [3.05, 3.63) is 57.1 Å². The lowest BCUT2D eigenvalue weighted by Gasteiger charge is -2.05. The molecule has 5 nitrogen and oxygen atoms in total. The minimum atomic E-state index is -0.662. The van der Waals surface area contributed by atoms with E-state index in [0.29, 0.717) is 5.69 Å². The van der Waals surface area contributed by atoms with E-state index in [2.05, 4.69) is 0 Å². The average molecular weight is 221 g/mol. The summed E-state index contributed by atoms with van der Waals surface area (Å²) in [6.45, 7) is 0. The molecule has 0 saturated heterocycles. The Morgan fingerprint density at radius 2 is 2.06 bits per heavy atom. The number of anilines is 1. The van der Waals surface area contributed by atoms with Crippen molar-refractivity contribution in [2.75, 3.05) is 5.73 Å². The molecule has 2 aromatic rings. The standard InChI is InChI=1S/C10H8FN3O2/c11-6-2-1-3-7(4-6)14-5-8(12)9(15)13-10(14)16/h1-5H,12H2,(H,13,15,16). The van der Waals surface area contributed by atoms with E-state index in [1.165, 1.54) is 24.3 Å². The summed E-state index contributed by atoms with van der Waals surface area (Å²) in [5.74, 6) is -0.478. The van der Waals surface area contributed by atoms with E-state index in [0.717, 1.165) is 10.8 Å². The molecule has 0 aliphatic rings. The molecule has 0 aliphatic heterocycles. The Bertz CT molecular complexity index is 645. The molecule has 0 saturated carbocycles. The highest BCUT2D eigenvalue weighted by Gasteiger charge is 2.04. The van der Waals surface area contributed by atoms with E-state index < -0.39 is 17.1 Å². The van der Waals surface area contributed by atoms with E-state index >= 15 is 0 Å². The molecule has 3 N–H and O–H groups in total. The van der Waals surface area contributed by atoms with Gasteiger partial charge in [-0.25, -0.2) is 9.18 Å². The van der Waals surface area contributed by atoms with Crippen LogP contribution in [0.2, 0.25) is 0 Å². The van der Waals surface area contributed by atoms with Crippen molar-refractivity contribution >= 4 is 5.69 Å². The van der Waals surface area contributed by atoms with Gasteiger partial charge in [-0.3, -0.25) is 14.3 Å². The van der Waals surface area contributed by atoms with E-state index in [1.54, 1.807) is 0 Å². The molecule has 2 rings (SSSR count). The summed E-state index contributed by atoms with van der Waals surface area (Å²) in [4.78, 5) is 24.5. The summed E-state index contributed by atoms with van der Waals surface area (Å²) < 4.78 is 14.0. The molecule has 0 unspecified atom stereocenters. The van der Waals surface area contributed by atoms with Gasteiger partial charge in [0.25, 0.3) is 5.56 Å². The molecule has 0 fully saturated rings. The van der Waals surface area contributed by atoms with Gasteiger partial charge in [0.05, 0.1) is 5.69 Å². The first-order chi connectivity index (χ1) is 7.58. The summed E-state index contributed by atoms with van der Waals surface area (Å²) in [7, 11) is 0. The Hall–Kier alpha value is -2.37. The van der Waals surface area contributed by atoms with Crippen molar-refractivity contribution in [2.45, 2.75) is 0 Å². The highest BCUT2D eigenvalue weighted by Crippen LogP contribution is 2.07. The van der Waals surface area contributed by atoms with E-state index in [9.17, 15) is 14.0 Å². The fourth-order valence-electron chi connectivity index (χ4n) is 1.30. The lowest BCUT2D eigenvalue weighted by atomic mass is 10.3. The number of nitrogens with zero attached hydrogens (tertiary/aromatic N) is 1. The molecule has 1 heterocycles. The lowest BCUT2D eigenvalue weighted by Crippen LogP contribution is -2.30. The van der Waals surface area contributed by atoms with Gasteiger partial charge in [-0.15, -0.1) is 0 Å². The first-order valence-electron chi connectivity index (χ1n) is 4.45. The zero-order chi connectivity index (χ0) is 11.7. The Labute approximate surface area is 89.0 Å². The molecule has 16 heavy (non-hydrogen) atoms. The fourth-order valence-corrected chi connectivity index (χ4v) is 1.30. The molecule has 0 radical (unpaired) electrons. The number of halogens is 1. The predicted molar refractivity (Wildman–Crippen MR) is 57.0 cm³/mol. The van der Waals surface area contributed by atoms with Gasteiger partial charge in [0.15, 0.2) is 0 Å². The van der Waals surface area contributed by atoms with Crippen LogP contribution in [0.25, 0.3) is 5.69 Å². The number of aromatic nitrogens is 2. The normalized spacial score (nSPS) is 10.3. The summed E-state index contributed by atoms with van der Waals surface area (Å²) in [5, 5.41) is 0. The Morgan fingerprint density at radius 1 is 1.31 bits per heavy atom. The van der Waals surface area contributed by atoms with Crippen LogP contribution in [0.5, 0.6) is 0 Å². The number of nitrogens with two attached hydrogens (primary N) is 1. The smallest absolute Gasteiger partial charge is 0.333 e. The molecule has 1 aromatic carbocycles. The lowest BCUT2D eigenvalue weighted by molar-refractivity contribution is 0.626. The van der Waals surface area contributed by atoms with Crippen molar-refractivity contribution in [1.29, 1.82) is 0 Å². The zero-order valence-corrected chi connectivity index (χ0v) is 8.11. The van der Waals surface area contributed by atoms with Crippen molar-refractivity contribution in [3.63, 3.8) is 0 Å². The maximum atomic E-state index is 12.9. The van der Waals surface area contributed by atoms with Crippen molar-refractivity contribution in [3.8, 4) is 5.69 Å². The molecular formula is C10H8FN3O2. The van der Waals surface area contributed by atoms with Crippen LogP contribution in [-0.2, 0) is 0 Å². The number of H-pyrrole nitrogens is 1. The second kappa shape index (κ2) is 3.65.